The van der Waals surface area contributed by atoms with Gasteiger partial charge in [0, 0.05) is 23.5 Å². The van der Waals surface area contributed by atoms with Crippen LogP contribution in [0.25, 0.3) is 0 Å². The first-order chi connectivity index (χ1) is 14.1. The van der Waals surface area contributed by atoms with Crippen molar-refractivity contribution in [3.63, 3.8) is 0 Å². The van der Waals surface area contributed by atoms with Gasteiger partial charge in [-0.2, -0.15) is 5.10 Å². The predicted molar refractivity (Wildman–Crippen MR) is 113 cm³/mol. The average molecular weight is 413 g/mol. The summed E-state index contributed by atoms with van der Waals surface area (Å²) in [6.45, 7) is 2.36. The van der Waals surface area contributed by atoms with Crippen LogP contribution in [0.4, 0.5) is 5.69 Å². The number of hydrogen-bond acceptors (Lipinski definition) is 5. The molecule has 1 atom stereocenters. The number of para-hydroxylation sites is 1. The first-order valence-corrected chi connectivity index (χ1v) is 10.3. The Morgan fingerprint density at radius 2 is 2.00 bits per heavy atom. The fourth-order valence-corrected chi connectivity index (χ4v) is 3.60. The van der Waals surface area contributed by atoms with Gasteiger partial charge in [-0.25, -0.2) is 0 Å². The van der Waals surface area contributed by atoms with E-state index in [0.717, 1.165) is 12.2 Å². The van der Waals surface area contributed by atoms with Gasteiger partial charge in [-0.05, 0) is 30.5 Å². The minimum absolute atomic E-state index is 0.0421. The summed E-state index contributed by atoms with van der Waals surface area (Å²) in [6.07, 6.45) is 4.19. The third-order valence-corrected chi connectivity index (χ3v) is 4.96. The van der Waals surface area contributed by atoms with Gasteiger partial charge in [0.25, 0.3) is 0 Å². The summed E-state index contributed by atoms with van der Waals surface area (Å²) in [5.74, 6) is 0.438. The van der Waals surface area contributed by atoms with Crippen LogP contribution in [0.5, 0.6) is 5.75 Å². The number of thiophene rings is 1. The number of nitrogens with one attached hydrogen (secondary N) is 2. The maximum Gasteiger partial charge on any atom is 0.241 e. The van der Waals surface area contributed by atoms with Crippen LogP contribution >= 0.6 is 11.3 Å². The first kappa shape index (κ1) is 20.6. The molecule has 0 aliphatic heterocycles. The third kappa shape index (κ3) is 7.08. The fraction of sp³-hybridized carbons (Fsp3) is 0.286. The van der Waals surface area contributed by atoms with Crippen molar-refractivity contribution in [3.05, 3.63) is 65.1 Å². The Hall–Kier alpha value is -3.13. The Kier molecular flexibility index (Phi) is 7.40. The van der Waals surface area contributed by atoms with Crippen LogP contribution in [0.15, 0.2) is 60.2 Å². The van der Waals surface area contributed by atoms with Crippen LogP contribution in [0.2, 0.25) is 0 Å². The molecule has 7 nitrogen and oxygen atoms in total. The molecular formula is C21H24N4O3S. The molecule has 2 heterocycles. The molecule has 0 saturated carbocycles. The number of nitrogens with zero attached hydrogens (tertiary/aromatic N) is 2. The molecule has 2 aromatic heterocycles. The second-order valence-electron chi connectivity index (χ2n) is 6.64. The number of aromatic nitrogens is 2. The van der Waals surface area contributed by atoms with E-state index >= 15 is 0 Å². The van der Waals surface area contributed by atoms with Crippen molar-refractivity contribution in [2.75, 3.05) is 11.9 Å². The van der Waals surface area contributed by atoms with Crippen LogP contribution in [0, 0.1) is 0 Å². The van der Waals surface area contributed by atoms with E-state index in [9.17, 15) is 9.59 Å². The Morgan fingerprint density at radius 1 is 1.17 bits per heavy atom. The molecule has 0 unspecified atom stereocenters. The Morgan fingerprint density at radius 3 is 2.76 bits per heavy atom. The van der Waals surface area contributed by atoms with Crippen molar-refractivity contribution in [2.24, 2.45) is 0 Å². The maximum absolute atomic E-state index is 12.2. The highest BCUT2D eigenvalue weighted by atomic mass is 32.1. The molecule has 0 fully saturated rings. The first-order valence-electron chi connectivity index (χ1n) is 9.40. The zero-order chi connectivity index (χ0) is 20.5. The van der Waals surface area contributed by atoms with Gasteiger partial charge in [-0.15, -0.1) is 11.3 Å². The lowest BCUT2D eigenvalue weighted by Crippen LogP contribution is -2.36. The molecule has 29 heavy (non-hydrogen) atoms. The largest absolute Gasteiger partial charge is 0.493 e. The molecule has 0 spiro atoms. The minimum atomic E-state index is -0.172. The number of carbonyl (C=O) groups excluding carboxylic acids is 2. The number of carbonyl (C=O) groups is 2. The standard InChI is InChI=1S/C21H24N4O3S/c1-16(12-19-8-5-11-29-19)23-21(27)15-25-14-17(13-22-25)24-20(26)9-10-28-18-6-3-2-4-7-18/h2-8,11,13-14,16H,9-10,12,15H2,1H3,(H,23,27)(H,24,26)/t16-/m1/s1. The van der Waals surface area contributed by atoms with Crippen LogP contribution in [0.3, 0.4) is 0 Å². The number of benzene rings is 1. The van der Waals surface area contributed by atoms with Gasteiger partial charge >= 0.3 is 0 Å². The predicted octanol–water partition coefficient (Wildman–Crippen LogP) is 3.10. The fourth-order valence-electron chi connectivity index (χ4n) is 2.77. The van der Waals surface area contributed by atoms with Gasteiger partial charge in [0.2, 0.25) is 11.8 Å². The average Bonchev–Trinajstić information content (AvgIpc) is 3.34. The van der Waals surface area contributed by atoms with E-state index in [1.165, 1.54) is 15.8 Å². The summed E-state index contributed by atoms with van der Waals surface area (Å²) in [4.78, 5) is 25.4. The molecule has 3 rings (SSSR count). The molecule has 2 N–H and O–H groups in total. The molecule has 3 aromatic rings. The number of rotatable bonds is 10. The zero-order valence-electron chi connectivity index (χ0n) is 16.2. The maximum atomic E-state index is 12.2. The number of anilines is 1. The second-order valence-corrected chi connectivity index (χ2v) is 7.67. The van der Waals surface area contributed by atoms with Gasteiger partial charge in [0.15, 0.2) is 0 Å². The molecule has 2 amide bonds. The van der Waals surface area contributed by atoms with Crippen LogP contribution in [-0.4, -0.2) is 34.2 Å². The van der Waals surface area contributed by atoms with Crippen molar-refractivity contribution in [1.82, 2.24) is 15.1 Å². The van der Waals surface area contributed by atoms with Crippen LogP contribution in [0.1, 0.15) is 18.2 Å². The van der Waals surface area contributed by atoms with Crippen molar-refractivity contribution in [2.45, 2.75) is 32.4 Å². The van der Waals surface area contributed by atoms with E-state index in [4.69, 9.17) is 4.74 Å². The number of hydrogen-bond donors (Lipinski definition) is 2. The molecule has 0 radical (unpaired) electrons. The SMILES string of the molecule is C[C@H](Cc1cccs1)NC(=O)Cn1cc(NC(=O)CCOc2ccccc2)cn1. The number of amides is 2. The van der Waals surface area contributed by atoms with Crippen molar-refractivity contribution in [1.29, 1.82) is 0 Å². The molecule has 0 aliphatic rings. The van der Waals surface area contributed by atoms with E-state index < -0.39 is 0 Å². The quantitative estimate of drug-likeness (QED) is 0.536. The topological polar surface area (TPSA) is 85.2 Å². The van der Waals surface area contributed by atoms with Crippen molar-refractivity contribution < 1.29 is 14.3 Å². The van der Waals surface area contributed by atoms with Crippen molar-refractivity contribution in [3.8, 4) is 5.75 Å². The molecule has 1 aromatic carbocycles. The van der Waals surface area contributed by atoms with Gasteiger partial charge in [-0.3, -0.25) is 14.3 Å². The minimum Gasteiger partial charge on any atom is -0.493 e. The summed E-state index contributed by atoms with van der Waals surface area (Å²) in [5, 5.41) is 11.9. The molecule has 0 bridgehead atoms. The summed E-state index contributed by atoms with van der Waals surface area (Å²) in [6, 6.07) is 13.4. The Balaban J connectivity index is 1.38. The second kappa shape index (κ2) is 10.4. The zero-order valence-corrected chi connectivity index (χ0v) is 17.0. The van der Waals surface area contributed by atoms with Gasteiger partial charge < -0.3 is 15.4 Å². The van der Waals surface area contributed by atoms with Gasteiger partial charge in [-0.1, -0.05) is 24.3 Å². The van der Waals surface area contributed by atoms with E-state index in [1.54, 1.807) is 17.5 Å². The lowest BCUT2D eigenvalue weighted by Gasteiger charge is -2.12. The van der Waals surface area contributed by atoms with Gasteiger partial charge in [0.05, 0.1) is 24.9 Å². The highest BCUT2D eigenvalue weighted by molar-refractivity contribution is 7.09. The van der Waals surface area contributed by atoms with Crippen molar-refractivity contribution >= 4 is 28.8 Å². The molecule has 0 saturated heterocycles. The van der Waals surface area contributed by atoms with E-state index in [0.29, 0.717) is 5.69 Å². The number of ether oxygens (including phenoxy) is 1. The third-order valence-electron chi connectivity index (χ3n) is 4.06. The lowest BCUT2D eigenvalue weighted by molar-refractivity contribution is -0.122. The van der Waals surface area contributed by atoms with Gasteiger partial charge in [0.1, 0.15) is 12.3 Å². The van der Waals surface area contributed by atoms with Crippen LogP contribution < -0.4 is 15.4 Å². The molecule has 8 heteroatoms. The monoisotopic (exact) mass is 412 g/mol. The Labute approximate surface area is 173 Å². The summed E-state index contributed by atoms with van der Waals surface area (Å²) in [7, 11) is 0. The highest BCUT2D eigenvalue weighted by Gasteiger charge is 2.11. The molecule has 0 aliphatic carbocycles. The smallest absolute Gasteiger partial charge is 0.241 e. The van der Waals surface area contributed by atoms with Crippen LogP contribution in [-0.2, 0) is 22.6 Å². The lowest BCUT2D eigenvalue weighted by atomic mass is 10.2. The summed E-state index contributed by atoms with van der Waals surface area (Å²) < 4.78 is 7.02. The van der Waals surface area contributed by atoms with E-state index in [2.05, 4.69) is 21.8 Å². The molecular weight excluding hydrogens is 388 g/mol. The summed E-state index contributed by atoms with van der Waals surface area (Å²) in [5.41, 5.74) is 0.550. The molecule has 152 valence electrons. The van der Waals surface area contributed by atoms with E-state index in [1.807, 2.05) is 48.7 Å². The van der Waals surface area contributed by atoms with E-state index in [-0.39, 0.29) is 37.4 Å². The summed E-state index contributed by atoms with van der Waals surface area (Å²) >= 11 is 1.68. The highest BCUT2D eigenvalue weighted by Crippen LogP contribution is 2.11. The normalized spacial score (nSPS) is 11.6. The Bertz CT molecular complexity index is 909.